The van der Waals surface area contributed by atoms with Crippen molar-refractivity contribution in [3.8, 4) is 16.9 Å². The summed E-state index contributed by atoms with van der Waals surface area (Å²) in [4.78, 5) is 11.6. The second-order valence-corrected chi connectivity index (χ2v) is 6.50. The van der Waals surface area contributed by atoms with Crippen LogP contribution in [0.3, 0.4) is 0 Å². The van der Waals surface area contributed by atoms with Crippen LogP contribution in [0.15, 0.2) is 48.5 Å². The molecule has 8 heteroatoms. The van der Waals surface area contributed by atoms with E-state index in [1.165, 1.54) is 0 Å². The molecule has 1 amide bonds. The molecule has 0 spiro atoms. The molecule has 28 heavy (non-hydrogen) atoms. The number of rotatable bonds is 5. The third kappa shape index (κ3) is 4.16. The molecule has 5 N–H and O–H groups in total. The van der Waals surface area contributed by atoms with Crippen LogP contribution in [0.2, 0.25) is 0 Å². The van der Waals surface area contributed by atoms with Crippen molar-refractivity contribution >= 4 is 5.91 Å². The van der Waals surface area contributed by atoms with Gasteiger partial charge in [0.25, 0.3) is 5.91 Å². The maximum atomic E-state index is 11.6. The summed E-state index contributed by atoms with van der Waals surface area (Å²) in [5.74, 6) is 0.227. The summed E-state index contributed by atoms with van der Waals surface area (Å²) >= 11 is 0. The van der Waals surface area contributed by atoms with Gasteiger partial charge in [0.2, 0.25) is 6.29 Å². The van der Waals surface area contributed by atoms with E-state index in [1.54, 1.807) is 43.4 Å². The van der Waals surface area contributed by atoms with E-state index >= 15 is 0 Å². The zero-order chi connectivity index (χ0) is 20.3. The molecule has 0 bridgehead atoms. The van der Waals surface area contributed by atoms with Crippen LogP contribution in [-0.2, 0) is 4.74 Å². The standard InChI is InChI=1S/C20H23NO7/c1-21-19(26)13-4-2-11(3-5-13)12-6-8-14(9-7-12)27-20-18(25)17(24)16(23)15(10-22)28-20/h2-9,15-18,20,22-25H,10H2,1H3,(H,21,26)/t15-,16-,17+,18+,20+/m1/s1. The van der Waals surface area contributed by atoms with Gasteiger partial charge in [-0.2, -0.15) is 0 Å². The first-order chi connectivity index (χ1) is 13.4. The van der Waals surface area contributed by atoms with E-state index < -0.39 is 37.3 Å². The predicted molar refractivity (Wildman–Crippen MR) is 99.7 cm³/mol. The molecule has 2 aromatic carbocycles. The number of benzene rings is 2. The van der Waals surface area contributed by atoms with Crippen LogP contribution in [-0.4, -0.2) is 70.7 Å². The SMILES string of the molecule is CNC(=O)c1ccc(-c2ccc(O[C@H]3O[C@H](CO)[C@@H](O)[C@H](O)[C@@H]3O)cc2)cc1. The normalized spacial score (nSPS) is 27.2. The minimum Gasteiger partial charge on any atom is -0.462 e. The van der Waals surface area contributed by atoms with Gasteiger partial charge in [0.05, 0.1) is 6.61 Å². The summed E-state index contributed by atoms with van der Waals surface area (Å²) in [6, 6.07) is 14.1. The minimum absolute atomic E-state index is 0.158. The second kappa shape index (κ2) is 8.68. The van der Waals surface area contributed by atoms with Crippen molar-refractivity contribution in [1.29, 1.82) is 0 Å². The van der Waals surface area contributed by atoms with Gasteiger partial charge in [-0.25, -0.2) is 0 Å². The number of carbonyl (C=O) groups is 1. The van der Waals surface area contributed by atoms with Crippen LogP contribution in [0, 0.1) is 0 Å². The lowest BCUT2D eigenvalue weighted by atomic mass is 9.99. The van der Waals surface area contributed by atoms with Crippen molar-refractivity contribution in [2.24, 2.45) is 0 Å². The van der Waals surface area contributed by atoms with Gasteiger partial charge in [-0.3, -0.25) is 4.79 Å². The Morgan fingerprint density at radius 2 is 1.54 bits per heavy atom. The Morgan fingerprint density at radius 1 is 0.964 bits per heavy atom. The van der Waals surface area contributed by atoms with Crippen molar-refractivity contribution in [3.63, 3.8) is 0 Å². The average molecular weight is 389 g/mol. The van der Waals surface area contributed by atoms with Crippen LogP contribution in [0.4, 0.5) is 0 Å². The number of aliphatic hydroxyl groups excluding tert-OH is 4. The number of nitrogens with one attached hydrogen (secondary N) is 1. The highest BCUT2D eigenvalue weighted by molar-refractivity contribution is 5.94. The molecule has 0 aliphatic carbocycles. The molecule has 1 aliphatic rings. The Morgan fingerprint density at radius 3 is 2.07 bits per heavy atom. The molecule has 0 radical (unpaired) electrons. The van der Waals surface area contributed by atoms with Crippen LogP contribution in [0.25, 0.3) is 11.1 Å². The number of hydrogen-bond acceptors (Lipinski definition) is 7. The molecular formula is C20H23NO7. The number of hydrogen-bond donors (Lipinski definition) is 5. The number of aliphatic hydroxyl groups is 4. The molecule has 0 aromatic heterocycles. The number of carbonyl (C=O) groups excluding carboxylic acids is 1. The fraction of sp³-hybridized carbons (Fsp3) is 0.350. The van der Waals surface area contributed by atoms with Gasteiger partial charge < -0.3 is 35.2 Å². The first-order valence-electron chi connectivity index (χ1n) is 8.84. The third-order valence-electron chi connectivity index (χ3n) is 4.66. The minimum atomic E-state index is -1.49. The molecule has 1 saturated heterocycles. The predicted octanol–water partition coefficient (Wildman–Crippen LogP) is -0.108. The van der Waals surface area contributed by atoms with Gasteiger partial charge in [0.1, 0.15) is 30.2 Å². The molecule has 3 rings (SSSR count). The van der Waals surface area contributed by atoms with E-state index in [-0.39, 0.29) is 5.91 Å². The lowest BCUT2D eigenvalue weighted by Gasteiger charge is -2.39. The molecule has 0 unspecified atom stereocenters. The number of ether oxygens (including phenoxy) is 2. The van der Waals surface area contributed by atoms with Crippen molar-refractivity contribution < 1.29 is 34.7 Å². The summed E-state index contributed by atoms with van der Waals surface area (Å²) in [6.07, 6.45) is -6.64. The quantitative estimate of drug-likeness (QED) is 0.483. The summed E-state index contributed by atoms with van der Waals surface area (Å²) in [6.45, 7) is -0.518. The Bertz CT molecular complexity index is 791. The fourth-order valence-electron chi connectivity index (χ4n) is 2.98. The number of amides is 1. The molecule has 8 nitrogen and oxygen atoms in total. The summed E-state index contributed by atoms with van der Waals surface area (Å²) in [5.41, 5.74) is 2.37. The molecule has 2 aromatic rings. The van der Waals surface area contributed by atoms with Crippen molar-refractivity contribution in [2.75, 3.05) is 13.7 Å². The lowest BCUT2D eigenvalue weighted by molar-refractivity contribution is -0.277. The Balaban J connectivity index is 1.70. The highest BCUT2D eigenvalue weighted by Crippen LogP contribution is 2.27. The zero-order valence-corrected chi connectivity index (χ0v) is 15.2. The van der Waals surface area contributed by atoms with E-state index in [1.807, 2.05) is 12.1 Å². The lowest BCUT2D eigenvalue weighted by Crippen LogP contribution is -2.60. The highest BCUT2D eigenvalue weighted by atomic mass is 16.7. The van der Waals surface area contributed by atoms with E-state index in [2.05, 4.69) is 5.32 Å². The second-order valence-electron chi connectivity index (χ2n) is 6.50. The van der Waals surface area contributed by atoms with Crippen molar-refractivity contribution in [2.45, 2.75) is 30.7 Å². The summed E-state index contributed by atoms with van der Waals surface area (Å²) < 4.78 is 10.9. The Hall–Kier alpha value is -2.49. The van der Waals surface area contributed by atoms with E-state index in [0.717, 1.165) is 11.1 Å². The molecular weight excluding hydrogens is 366 g/mol. The van der Waals surface area contributed by atoms with Gasteiger partial charge >= 0.3 is 0 Å². The Labute approximate surface area is 162 Å². The Kier molecular flexibility index (Phi) is 6.28. The maximum Gasteiger partial charge on any atom is 0.251 e. The zero-order valence-electron chi connectivity index (χ0n) is 15.2. The van der Waals surface area contributed by atoms with Crippen molar-refractivity contribution in [3.05, 3.63) is 54.1 Å². The fourth-order valence-corrected chi connectivity index (χ4v) is 2.98. The van der Waals surface area contributed by atoms with Gasteiger partial charge in [0, 0.05) is 12.6 Å². The third-order valence-corrected chi connectivity index (χ3v) is 4.66. The summed E-state index contributed by atoms with van der Waals surface area (Å²) in [5, 5.41) is 41.4. The molecule has 150 valence electrons. The van der Waals surface area contributed by atoms with Crippen LogP contribution in [0.5, 0.6) is 5.75 Å². The molecule has 1 aliphatic heterocycles. The van der Waals surface area contributed by atoms with Crippen LogP contribution < -0.4 is 10.1 Å². The van der Waals surface area contributed by atoms with Gasteiger partial charge in [-0.15, -0.1) is 0 Å². The first kappa shape index (κ1) is 20.2. The van der Waals surface area contributed by atoms with Crippen molar-refractivity contribution in [1.82, 2.24) is 5.32 Å². The molecule has 0 saturated carbocycles. The summed E-state index contributed by atoms with van der Waals surface area (Å²) in [7, 11) is 1.57. The highest BCUT2D eigenvalue weighted by Gasteiger charge is 2.44. The molecule has 5 atom stereocenters. The monoisotopic (exact) mass is 389 g/mol. The van der Waals surface area contributed by atoms with Crippen LogP contribution in [0.1, 0.15) is 10.4 Å². The van der Waals surface area contributed by atoms with E-state index in [0.29, 0.717) is 11.3 Å². The van der Waals surface area contributed by atoms with Crippen LogP contribution >= 0.6 is 0 Å². The molecule has 1 heterocycles. The van der Waals surface area contributed by atoms with Gasteiger partial charge in [-0.05, 0) is 35.4 Å². The largest absolute Gasteiger partial charge is 0.462 e. The van der Waals surface area contributed by atoms with E-state index in [4.69, 9.17) is 9.47 Å². The van der Waals surface area contributed by atoms with Gasteiger partial charge in [0.15, 0.2) is 0 Å². The first-order valence-corrected chi connectivity index (χ1v) is 8.84. The topological polar surface area (TPSA) is 128 Å². The maximum absolute atomic E-state index is 11.6. The van der Waals surface area contributed by atoms with E-state index in [9.17, 15) is 25.2 Å². The smallest absolute Gasteiger partial charge is 0.251 e. The van der Waals surface area contributed by atoms with Gasteiger partial charge in [-0.1, -0.05) is 24.3 Å². The average Bonchev–Trinajstić information content (AvgIpc) is 2.74. The molecule has 1 fully saturated rings.